The zero-order valence-electron chi connectivity index (χ0n) is 5.29. The third-order valence-corrected chi connectivity index (χ3v) is 1.01. The molecule has 0 radical (unpaired) electrons. The molecule has 1 aromatic heterocycles. The second-order valence-corrected chi connectivity index (χ2v) is 1.81. The van der Waals surface area contributed by atoms with Gasteiger partial charge < -0.3 is 15.8 Å². The van der Waals surface area contributed by atoms with Crippen molar-refractivity contribution in [3.05, 3.63) is 15.9 Å². The molecule has 10 heavy (non-hydrogen) atoms. The van der Waals surface area contributed by atoms with Gasteiger partial charge in [0.15, 0.2) is 5.82 Å². The van der Waals surface area contributed by atoms with Crippen molar-refractivity contribution in [3.8, 4) is 0 Å². The molecule has 0 atom stereocenters. The molecule has 0 saturated carbocycles. The number of aromatic nitrogens is 2. The van der Waals surface area contributed by atoms with E-state index >= 15 is 0 Å². The maximum atomic E-state index is 10.1. The van der Waals surface area contributed by atoms with Crippen LogP contribution in [-0.2, 0) is 0 Å². The number of imidazole rings is 1. The normalized spacial score (nSPS) is 9.70. The van der Waals surface area contributed by atoms with Gasteiger partial charge in [-0.1, -0.05) is 0 Å². The lowest BCUT2D eigenvalue weighted by atomic mass is 10.7. The molecule has 1 rings (SSSR count). The lowest BCUT2D eigenvalue weighted by Gasteiger charge is -1.87. The number of nitrogen functional groups attached to an aromatic ring is 1. The van der Waals surface area contributed by atoms with Gasteiger partial charge in [-0.15, -0.1) is 0 Å². The molecule has 0 bridgehead atoms. The SMILES string of the molecule is Cc1nc(N)c([N+](=O)[O-])[nH]1. The van der Waals surface area contributed by atoms with Gasteiger partial charge in [0.05, 0.1) is 0 Å². The number of anilines is 1. The highest BCUT2D eigenvalue weighted by Gasteiger charge is 2.13. The molecule has 0 fully saturated rings. The van der Waals surface area contributed by atoms with E-state index in [-0.39, 0.29) is 11.6 Å². The largest absolute Gasteiger partial charge is 0.377 e. The zero-order valence-corrected chi connectivity index (χ0v) is 5.29. The van der Waals surface area contributed by atoms with Crippen molar-refractivity contribution in [2.75, 3.05) is 5.73 Å². The van der Waals surface area contributed by atoms with Crippen molar-refractivity contribution in [1.29, 1.82) is 0 Å². The fourth-order valence-electron chi connectivity index (χ4n) is 0.636. The fraction of sp³-hybridized carbons (Fsp3) is 0.250. The lowest BCUT2D eigenvalue weighted by molar-refractivity contribution is -0.388. The molecular weight excluding hydrogens is 136 g/mol. The van der Waals surface area contributed by atoms with Gasteiger partial charge in [0.2, 0.25) is 5.82 Å². The number of nitrogens with zero attached hydrogens (tertiary/aromatic N) is 2. The van der Waals surface area contributed by atoms with Gasteiger partial charge in [-0.05, 0) is 4.92 Å². The molecule has 54 valence electrons. The third kappa shape index (κ3) is 0.903. The molecule has 6 heteroatoms. The molecule has 1 heterocycles. The van der Waals surface area contributed by atoms with Crippen LogP contribution in [0.3, 0.4) is 0 Å². The monoisotopic (exact) mass is 142 g/mol. The van der Waals surface area contributed by atoms with Crippen molar-refractivity contribution in [2.24, 2.45) is 0 Å². The van der Waals surface area contributed by atoms with Crippen LogP contribution in [0.1, 0.15) is 5.82 Å². The topological polar surface area (TPSA) is 97.8 Å². The van der Waals surface area contributed by atoms with Gasteiger partial charge in [-0.25, -0.2) is 4.98 Å². The number of aryl methyl sites for hydroxylation is 1. The Morgan fingerprint density at radius 3 is 2.60 bits per heavy atom. The van der Waals surface area contributed by atoms with Crippen LogP contribution in [0.4, 0.5) is 11.6 Å². The van der Waals surface area contributed by atoms with Crippen molar-refractivity contribution in [1.82, 2.24) is 9.97 Å². The van der Waals surface area contributed by atoms with Gasteiger partial charge in [0, 0.05) is 6.92 Å². The smallest absolute Gasteiger partial charge is 0.364 e. The number of H-pyrrole nitrogens is 1. The molecule has 0 amide bonds. The molecule has 1 aromatic rings. The van der Waals surface area contributed by atoms with Gasteiger partial charge in [0.25, 0.3) is 0 Å². The maximum Gasteiger partial charge on any atom is 0.364 e. The number of nitro groups is 1. The van der Waals surface area contributed by atoms with Gasteiger partial charge in [0.1, 0.15) is 0 Å². The van der Waals surface area contributed by atoms with Crippen molar-refractivity contribution >= 4 is 11.6 Å². The summed E-state index contributed by atoms with van der Waals surface area (Å²) in [6.45, 7) is 1.60. The second-order valence-electron chi connectivity index (χ2n) is 1.81. The summed E-state index contributed by atoms with van der Waals surface area (Å²) in [6, 6.07) is 0. The van der Waals surface area contributed by atoms with E-state index in [0.717, 1.165) is 0 Å². The van der Waals surface area contributed by atoms with E-state index in [4.69, 9.17) is 5.73 Å². The van der Waals surface area contributed by atoms with Crippen LogP contribution in [0, 0.1) is 17.0 Å². The van der Waals surface area contributed by atoms with Crippen LogP contribution < -0.4 is 5.73 Å². The lowest BCUT2D eigenvalue weighted by Crippen LogP contribution is -1.93. The summed E-state index contributed by atoms with van der Waals surface area (Å²) in [6.07, 6.45) is 0. The van der Waals surface area contributed by atoms with Crippen LogP contribution in [-0.4, -0.2) is 14.9 Å². The highest BCUT2D eigenvalue weighted by Crippen LogP contribution is 2.15. The minimum Gasteiger partial charge on any atom is -0.377 e. The Kier molecular flexibility index (Phi) is 1.29. The molecule has 3 N–H and O–H groups in total. The first-order valence-corrected chi connectivity index (χ1v) is 2.57. The van der Waals surface area contributed by atoms with Crippen LogP contribution in [0.25, 0.3) is 0 Å². The second kappa shape index (κ2) is 1.98. The van der Waals surface area contributed by atoms with Crippen LogP contribution in [0.5, 0.6) is 0 Å². The molecule has 0 aliphatic heterocycles. The average molecular weight is 142 g/mol. The fourth-order valence-corrected chi connectivity index (χ4v) is 0.636. The molecule has 6 nitrogen and oxygen atoms in total. The van der Waals surface area contributed by atoms with E-state index in [1.807, 2.05) is 0 Å². The number of hydrogen-bond acceptors (Lipinski definition) is 4. The van der Waals surface area contributed by atoms with Crippen LogP contribution in [0.2, 0.25) is 0 Å². The highest BCUT2D eigenvalue weighted by atomic mass is 16.6. The maximum absolute atomic E-state index is 10.1. The summed E-state index contributed by atoms with van der Waals surface area (Å²) in [7, 11) is 0. The predicted octanol–water partition coefficient (Wildman–Crippen LogP) is 0.209. The first-order valence-electron chi connectivity index (χ1n) is 2.57. The highest BCUT2D eigenvalue weighted by molar-refractivity contribution is 5.46. The van der Waals surface area contributed by atoms with Crippen molar-refractivity contribution < 1.29 is 4.92 Å². The molecule has 0 spiro atoms. The summed E-state index contributed by atoms with van der Waals surface area (Å²) in [5.74, 6) is 0.143. The molecule has 0 aliphatic carbocycles. The molecule has 0 aromatic carbocycles. The zero-order chi connectivity index (χ0) is 7.72. The Labute approximate surface area is 56.2 Å². The van der Waals surface area contributed by atoms with E-state index in [9.17, 15) is 10.1 Å². The molecule has 0 unspecified atom stereocenters. The Morgan fingerprint density at radius 2 is 2.40 bits per heavy atom. The summed E-state index contributed by atoms with van der Waals surface area (Å²) >= 11 is 0. The Bertz CT molecular complexity index is 266. The summed E-state index contributed by atoms with van der Waals surface area (Å²) in [5, 5.41) is 10.1. The summed E-state index contributed by atoms with van der Waals surface area (Å²) < 4.78 is 0. The van der Waals surface area contributed by atoms with Crippen LogP contribution >= 0.6 is 0 Å². The standard InChI is InChI=1S/C4H6N4O2/c1-2-6-3(5)4(7-2)8(9)10/h5H2,1H3,(H,6,7). The molecule has 0 saturated heterocycles. The van der Waals surface area contributed by atoms with Crippen LogP contribution in [0.15, 0.2) is 0 Å². The van der Waals surface area contributed by atoms with E-state index in [0.29, 0.717) is 5.82 Å². The van der Waals surface area contributed by atoms with Crippen molar-refractivity contribution in [3.63, 3.8) is 0 Å². The molecule has 0 aliphatic rings. The first-order chi connectivity index (χ1) is 4.61. The van der Waals surface area contributed by atoms with E-state index in [1.54, 1.807) is 6.92 Å². The van der Waals surface area contributed by atoms with E-state index < -0.39 is 4.92 Å². The number of nitrogens with two attached hydrogens (primary N) is 1. The summed E-state index contributed by atoms with van der Waals surface area (Å²) in [4.78, 5) is 15.5. The number of hydrogen-bond donors (Lipinski definition) is 2. The first kappa shape index (κ1) is 6.53. The average Bonchev–Trinajstić information content (AvgIpc) is 2.10. The van der Waals surface area contributed by atoms with Gasteiger partial charge in [-0.2, -0.15) is 4.98 Å². The predicted molar refractivity (Wildman–Crippen MR) is 34.4 cm³/mol. The third-order valence-electron chi connectivity index (χ3n) is 1.01. The van der Waals surface area contributed by atoms with Crippen molar-refractivity contribution in [2.45, 2.75) is 6.92 Å². The number of aromatic amines is 1. The van der Waals surface area contributed by atoms with E-state index in [2.05, 4.69) is 9.97 Å². The van der Waals surface area contributed by atoms with E-state index in [1.165, 1.54) is 0 Å². The Balaban J connectivity index is 3.15. The summed E-state index contributed by atoms with van der Waals surface area (Å²) in [5.41, 5.74) is 5.16. The minimum absolute atomic E-state index is 0.0671. The van der Waals surface area contributed by atoms with Gasteiger partial charge >= 0.3 is 5.82 Å². The Morgan fingerprint density at radius 1 is 1.80 bits per heavy atom. The molecular formula is C4H6N4O2. The quantitative estimate of drug-likeness (QED) is 0.432. The minimum atomic E-state index is -0.602. The number of nitrogens with one attached hydrogen (secondary N) is 1. The van der Waals surface area contributed by atoms with Gasteiger partial charge in [-0.3, -0.25) is 0 Å². The Hall–Kier alpha value is -1.59. The number of rotatable bonds is 1.